The van der Waals surface area contributed by atoms with Gasteiger partial charge in [-0.25, -0.2) is 4.98 Å². The fraction of sp³-hybridized carbons (Fsp3) is 0.636. The Morgan fingerprint density at radius 1 is 1.41 bits per heavy atom. The van der Waals surface area contributed by atoms with Gasteiger partial charge in [-0.1, -0.05) is 0 Å². The average Bonchev–Trinajstić information content (AvgIpc) is 2.76. The Balaban J connectivity index is 1.93. The molecule has 1 fully saturated rings. The van der Waals surface area contributed by atoms with Crippen LogP contribution in [0, 0.1) is 0 Å². The second kappa shape index (κ2) is 5.51. The third-order valence-electron chi connectivity index (χ3n) is 3.10. The number of aryl methyl sites for hydroxylation is 1. The summed E-state index contributed by atoms with van der Waals surface area (Å²) in [4.78, 5) is 20.3. The molecule has 0 aliphatic carbocycles. The molecule has 1 saturated heterocycles. The van der Waals surface area contributed by atoms with Crippen molar-refractivity contribution in [2.45, 2.75) is 0 Å². The summed E-state index contributed by atoms with van der Waals surface area (Å²) < 4.78 is 1.76. The molecule has 0 unspecified atom stereocenters. The van der Waals surface area contributed by atoms with E-state index in [1.807, 2.05) is 11.9 Å². The summed E-state index contributed by atoms with van der Waals surface area (Å²) in [6.45, 7) is 4.23. The van der Waals surface area contributed by atoms with Gasteiger partial charge >= 0.3 is 0 Å². The topological polar surface area (TPSA) is 41.4 Å². The molecule has 2 heterocycles. The zero-order chi connectivity index (χ0) is 12.3. The van der Waals surface area contributed by atoms with Crippen LogP contribution in [0.1, 0.15) is 10.5 Å². The number of piperazine rings is 1. The van der Waals surface area contributed by atoms with E-state index in [0.29, 0.717) is 11.6 Å². The summed E-state index contributed by atoms with van der Waals surface area (Å²) >= 11 is 5.70. The number of halogens is 1. The second-order valence-electron chi connectivity index (χ2n) is 4.21. The highest BCUT2D eigenvalue weighted by Gasteiger charge is 2.23. The molecule has 6 heteroatoms. The minimum atomic E-state index is 0.0653. The molecule has 0 bridgehead atoms. The van der Waals surface area contributed by atoms with Crippen molar-refractivity contribution in [1.29, 1.82) is 0 Å². The lowest BCUT2D eigenvalue weighted by molar-refractivity contribution is 0.0635. The van der Waals surface area contributed by atoms with Gasteiger partial charge in [0.25, 0.3) is 5.91 Å². The molecule has 2 rings (SSSR count). The van der Waals surface area contributed by atoms with E-state index in [2.05, 4.69) is 9.88 Å². The summed E-state index contributed by atoms with van der Waals surface area (Å²) in [5.41, 5.74) is 0.649. The Labute approximate surface area is 106 Å². The standard InChI is InChI=1S/C11H17ClN4O/c1-14-9-13-8-10(14)11(17)16-6-4-15(3-2-12)5-7-16/h8-9H,2-7H2,1H3. The SMILES string of the molecule is Cn1cncc1C(=O)N1CCN(CCCl)CC1. The third-order valence-corrected chi connectivity index (χ3v) is 3.27. The number of carbonyl (C=O) groups is 1. The Morgan fingerprint density at radius 2 is 2.12 bits per heavy atom. The minimum absolute atomic E-state index is 0.0653. The zero-order valence-corrected chi connectivity index (χ0v) is 10.7. The summed E-state index contributed by atoms with van der Waals surface area (Å²) in [6.07, 6.45) is 3.27. The number of aromatic nitrogens is 2. The monoisotopic (exact) mass is 256 g/mol. The van der Waals surface area contributed by atoms with E-state index in [9.17, 15) is 4.79 Å². The summed E-state index contributed by atoms with van der Waals surface area (Å²) in [5, 5.41) is 0. The van der Waals surface area contributed by atoms with Crippen LogP contribution in [0.2, 0.25) is 0 Å². The Morgan fingerprint density at radius 3 is 2.65 bits per heavy atom. The number of alkyl halides is 1. The summed E-state index contributed by atoms with van der Waals surface area (Å²) in [5.74, 6) is 0.714. The number of nitrogens with zero attached hydrogens (tertiary/aromatic N) is 4. The van der Waals surface area contributed by atoms with Crippen molar-refractivity contribution in [3.63, 3.8) is 0 Å². The van der Waals surface area contributed by atoms with Crippen molar-refractivity contribution in [3.05, 3.63) is 18.2 Å². The van der Waals surface area contributed by atoms with Gasteiger partial charge in [0.1, 0.15) is 5.69 Å². The maximum Gasteiger partial charge on any atom is 0.272 e. The Bertz CT molecular complexity index is 385. The van der Waals surface area contributed by atoms with E-state index in [-0.39, 0.29) is 5.91 Å². The number of rotatable bonds is 3. The first-order valence-corrected chi connectivity index (χ1v) is 6.29. The molecule has 0 saturated carbocycles. The normalized spacial score (nSPS) is 17.4. The molecule has 1 aromatic rings. The number of hydrogen-bond acceptors (Lipinski definition) is 3. The molecule has 94 valence electrons. The van der Waals surface area contributed by atoms with Crippen LogP contribution in [-0.2, 0) is 7.05 Å². The average molecular weight is 257 g/mol. The highest BCUT2D eigenvalue weighted by molar-refractivity contribution is 6.18. The van der Waals surface area contributed by atoms with Crippen LogP contribution in [0.5, 0.6) is 0 Å². The lowest BCUT2D eigenvalue weighted by Gasteiger charge is -2.34. The first kappa shape index (κ1) is 12.4. The quantitative estimate of drug-likeness (QED) is 0.736. The molecule has 1 aliphatic heterocycles. The number of imidazole rings is 1. The number of amides is 1. The molecule has 1 aromatic heterocycles. The van der Waals surface area contributed by atoms with Crippen LogP contribution in [-0.4, -0.2) is 63.9 Å². The first-order chi connectivity index (χ1) is 8.22. The van der Waals surface area contributed by atoms with E-state index < -0.39 is 0 Å². The molecule has 0 radical (unpaired) electrons. The molecule has 0 N–H and O–H groups in total. The molecule has 1 amide bonds. The smallest absolute Gasteiger partial charge is 0.272 e. The van der Waals surface area contributed by atoms with Crippen molar-refractivity contribution >= 4 is 17.5 Å². The molecular weight excluding hydrogens is 240 g/mol. The molecule has 0 atom stereocenters. The highest BCUT2D eigenvalue weighted by Crippen LogP contribution is 2.07. The summed E-state index contributed by atoms with van der Waals surface area (Å²) in [7, 11) is 1.84. The van der Waals surface area contributed by atoms with Gasteiger partial charge in [0.2, 0.25) is 0 Å². The minimum Gasteiger partial charge on any atom is -0.335 e. The van der Waals surface area contributed by atoms with Gasteiger partial charge < -0.3 is 9.47 Å². The van der Waals surface area contributed by atoms with Gasteiger partial charge in [-0.2, -0.15) is 0 Å². The predicted octanol–water partition coefficient (Wildman–Crippen LogP) is 0.417. The van der Waals surface area contributed by atoms with Crippen LogP contribution in [0.3, 0.4) is 0 Å². The van der Waals surface area contributed by atoms with Crippen molar-refractivity contribution in [1.82, 2.24) is 19.4 Å². The van der Waals surface area contributed by atoms with Crippen molar-refractivity contribution < 1.29 is 4.79 Å². The lowest BCUT2D eigenvalue weighted by Crippen LogP contribution is -2.49. The number of carbonyl (C=O) groups excluding carboxylic acids is 1. The fourth-order valence-electron chi connectivity index (χ4n) is 2.02. The third kappa shape index (κ3) is 2.79. The molecule has 17 heavy (non-hydrogen) atoms. The predicted molar refractivity (Wildman–Crippen MR) is 66.3 cm³/mol. The molecule has 1 aliphatic rings. The van der Waals surface area contributed by atoms with E-state index in [4.69, 9.17) is 11.6 Å². The van der Waals surface area contributed by atoms with Crippen molar-refractivity contribution in [3.8, 4) is 0 Å². The van der Waals surface area contributed by atoms with Gasteiger partial charge in [0.15, 0.2) is 0 Å². The van der Waals surface area contributed by atoms with Gasteiger partial charge in [-0.15, -0.1) is 11.6 Å². The lowest BCUT2D eigenvalue weighted by atomic mass is 10.3. The van der Waals surface area contributed by atoms with E-state index >= 15 is 0 Å². The van der Waals surface area contributed by atoms with E-state index in [1.54, 1.807) is 17.1 Å². The summed E-state index contributed by atoms with van der Waals surface area (Å²) in [6, 6.07) is 0. The van der Waals surface area contributed by atoms with Crippen LogP contribution in [0.15, 0.2) is 12.5 Å². The largest absolute Gasteiger partial charge is 0.335 e. The van der Waals surface area contributed by atoms with Gasteiger partial charge in [-0.3, -0.25) is 9.69 Å². The van der Waals surface area contributed by atoms with Gasteiger partial charge in [0, 0.05) is 45.7 Å². The molecular formula is C11H17ClN4O. The van der Waals surface area contributed by atoms with E-state index in [0.717, 1.165) is 32.7 Å². The van der Waals surface area contributed by atoms with Gasteiger partial charge in [-0.05, 0) is 0 Å². The molecule has 0 aromatic carbocycles. The van der Waals surface area contributed by atoms with Crippen LogP contribution in [0.25, 0.3) is 0 Å². The fourth-order valence-corrected chi connectivity index (χ4v) is 2.26. The van der Waals surface area contributed by atoms with Crippen LogP contribution >= 0.6 is 11.6 Å². The van der Waals surface area contributed by atoms with Crippen molar-refractivity contribution in [2.24, 2.45) is 7.05 Å². The van der Waals surface area contributed by atoms with Crippen LogP contribution in [0.4, 0.5) is 0 Å². The highest BCUT2D eigenvalue weighted by atomic mass is 35.5. The molecule has 0 spiro atoms. The Kier molecular flexibility index (Phi) is 4.02. The maximum absolute atomic E-state index is 12.2. The Hall–Kier alpha value is -1.07. The maximum atomic E-state index is 12.2. The first-order valence-electron chi connectivity index (χ1n) is 5.76. The van der Waals surface area contributed by atoms with Gasteiger partial charge in [0.05, 0.1) is 12.5 Å². The molecule has 5 nitrogen and oxygen atoms in total. The van der Waals surface area contributed by atoms with Crippen LogP contribution < -0.4 is 0 Å². The van der Waals surface area contributed by atoms with Crippen molar-refractivity contribution in [2.75, 3.05) is 38.6 Å². The number of hydrogen-bond donors (Lipinski definition) is 0. The zero-order valence-electron chi connectivity index (χ0n) is 9.97. The second-order valence-corrected chi connectivity index (χ2v) is 4.59. The van der Waals surface area contributed by atoms with E-state index in [1.165, 1.54) is 0 Å².